The highest BCUT2D eigenvalue weighted by atomic mass is 32.1. The highest BCUT2D eigenvalue weighted by molar-refractivity contribution is 7.15. The van der Waals surface area contributed by atoms with Gasteiger partial charge in [0.1, 0.15) is 28.9 Å². The molecule has 3 aromatic rings. The van der Waals surface area contributed by atoms with E-state index in [9.17, 15) is 13.6 Å². The molecule has 0 saturated heterocycles. The third-order valence-corrected chi connectivity index (χ3v) is 6.05. The fourth-order valence-electron chi connectivity index (χ4n) is 3.72. The quantitative estimate of drug-likeness (QED) is 0.597. The van der Waals surface area contributed by atoms with Gasteiger partial charge in [-0.15, -0.1) is 11.3 Å². The van der Waals surface area contributed by atoms with Gasteiger partial charge >= 0.3 is 5.97 Å². The molecule has 0 spiro atoms. The smallest absolute Gasteiger partial charge is 0.311 e. The molecule has 0 unspecified atom stereocenters. The van der Waals surface area contributed by atoms with E-state index in [1.54, 1.807) is 4.40 Å². The van der Waals surface area contributed by atoms with Gasteiger partial charge in [0.15, 0.2) is 4.96 Å². The van der Waals surface area contributed by atoms with Crippen molar-refractivity contribution in [1.29, 1.82) is 0 Å². The number of imidazole rings is 1. The fraction of sp³-hybridized carbons (Fsp3) is 0.400. The molecule has 0 radical (unpaired) electrons. The molecule has 1 fully saturated rings. The number of carbonyl (C=O) groups is 1. The molecule has 2 heterocycles. The number of carbonyl (C=O) groups excluding carboxylic acids is 1. The average Bonchev–Trinajstić information content (AvgIpc) is 3.41. The van der Waals surface area contributed by atoms with E-state index < -0.39 is 17.6 Å². The van der Waals surface area contributed by atoms with Crippen LogP contribution in [0.15, 0.2) is 17.5 Å². The highest BCUT2D eigenvalue weighted by Crippen LogP contribution is 2.38. The Morgan fingerprint density at radius 3 is 2.59 bits per heavy atom. The third-order valence-electron chi connectivity index (χ3n) is 5.17. The molecule has 1 aliphatic rings. The summed E-state index contributed by atoms with van der Waals surface area (Å²) in [5.41, 5.74) is 0.629. The lowest BCUT2D eigenvalue weighted by atomic mass is 10.1. The lowest BCUT2D eigenvalue weighted by molar-refractivity contribution is -0.139. The largest absolute Gasteiger partial charge is 0.497 e. The second-order valence-corrected chi connectivity index (χ2v) is 7.84. The number of halogens is 2. The number of nitrogens with one attached hydrogen (secondary N) is 1. The number of methoxy groups -OCH3 is 2. The Balaban J connectivity index is 1.88. The molecule has 154 valence electrons. The molecule has 0 atom stereocenters. The molecule has 29 heavy (non-hydrogen) atoms. The van der Waals surface area contributed by atoms with Gasteiger partial charge in [-0.1, -0.05) is 12.8 Å². The first kappa shape index (κ1) is 19.6. The van der Waals surface area contributed by atoms with Gasteiger partial charge in [0.25, 0.3) is 0 Å². The van der Waals surface area contributed by atoms with Crippen molar-refractivity contribution in [2.75, 3.05) is 19.5 Å². The standard InChI is InChI=1S/C20H21F2N3O3S/c1-27-13-8-14(21)17(15(22)9-13)18-19(23-11-5-3-4-6-11)25-12(7-16(26)28-2)10-29-20(25)24-18/h8-11,23H,3-7H2,1-2H3. The van der Waals surface area contributed by atoms with Crippen LogP contribution in [0.1, 0.15) is 31.4 Å². The lowest BCUT2D eigenvalue weighted by Crippen LogP contribution is -2.17. The number of hydrogen-bond donors (Lipinski definition) is 1. The van der Waals surface area contributed by atoms with E-state index in [-0.39, 0.29) is 29.5 Å². The molecule has 6 nitrogen and oxygen atoms in total. The minimum Gasteiger partial charge on any atom is -0.497 e. The number of nitrogens with zero attached hydrogens (tertiary/aromatic N) is 2. The summed E-state index contributed by atoms with van der Waals surface area (Å²) in [4.78, 5) is 16.9. The van der Waals surface area contributed by atoms with Gasteiger partial charge in [-0.25, -0.2) is 13.8 Å². The number of hydrogen-bond acceptors (Lipinski definition) is 6. The van der Waals surface area contributed by atoms with Gasteiger partial charge in [-0.2, -0.15) is 0 Å². The third kappa shape index (κ3) is 3.66. The predicted molar refractivity (Wildman–Crippen MR) is 107 cm³/mol. The molecule has 1 saturated carbocycles. The Labute approximate surface area is 170 Å². The molecule has 2 aromatic heterocycles. The first-order valence-corrected chi connectivity index (χ1v) is 10.3. The van der Waals surface area contributed by atoms with Crippen LogP contribution in [0.3, 0.4) is 0 Å². The maximum atomic E-state index is 14.8. The van der Waals surface area contributed by atoms with Crippen molar-refractivity contribution in [3.05, 3.63) is 34.8 Å². The van der Waals surface area contributed by atoms with Crippen LogP contribution < -0.4 is 10.1 Å². The van der Waals surface area contributed by atoms with Gasteiger partial charge < -0.3 is 14.8 Å². The van der Waals surface area contributed by atoms with Crippen LogP contribution >= 0.6 is 11.3 Å². The van der Waals surface area contributed by atoms with E-state index >= 15 is 0 Å². The van der Waals surface area contributed by atoms with Crippen LogP contribution in [0.4, 0.5) is 14.6 Å². The Morgan fingerprint density at radius 2 is 1.97 bits per heavy atom. The van der Waals surface area contributed by atoms with Gasteiger partial charge in [-0.05, 0) is 12.8 Å². The lowest BCUT2D eigenvalue weighted by Gasteiger charge is -2.16. The van der Waals surface area contributed by atoms with Crippen molar-refractivity contribution in [2.45, 2.75) is 38.1 Å². The predicted octanol–water partition coefficient (Wildman–Crippen LogP) is 4.42. The van der Waals surface area contributed by atoms with Crippen molar-refractivity contribution in [1.82, 2.24) is 9.38 Å². The van der Waals surface area contributed by atoms with Crippen LogP contribution in [-0.2, 0) is 16.0 Å². The van der Waals surface area contributed by atoms with E-state index in [1.165, 1.54) is 25.6 Å². The van der Waals surface area contributed by atoms with Crippen molar-refractivity contribution in [3.63, 3.8) is 0 Å². The summed E-state index contributed by atoms with van der Waals surface area (Å²) in [5, 5.41) is 5.23. The number of anilines is 1. The van der Waals surface area contributed by atoms with Crippen LogP contribution in [-0.4, -0.2) is 35.6 Å². The second-order valence-electron chi connectivity index (χ2n) is 7.00. The zero-order valence-electron chi connectivity index (χ0n) is 16.1. The van der Waals surface area contributed by atoms with Crippen molar-refractivity contribution in [2.24, 2.45) is 0 Å². The number of benzene rings is 1. The minimum absolute atomic E-state index is 0.0409. The maximum Gasteiger partial charge on any atom is 0.311 e. The van der Waals surface area contributed by atoms with Gasteiger partial charge in [0.2, 0.25) is 0 Å². The molecular weight excluding hydrogens is 400 g/mol. The van der Waals surface area contributed by atoms with E-state index in [0.29, 0.717) is 16.5 Å². The van der Waals surface area contributed by atoms with E-state index in [4.69, 9.17) is 9.47 Å². The van der Waals surface area contributed by atoms with Crippen molar-refractivity contribution >= 4 is 28.1 Å². The molecule has 1 aliphatic carbocycles. The number of fused-ring (bicyclic) bond motifs is 1. The Hall–Kier alpha value is -2.68. The summed E-state index contributed by atoms with van der Waals surface area (Å²) in [6, 6.07) is 2.46. The first-order chi connectivity index (χ1) is 14.0. The summed E-state index contributed by atoms with van der Waals surface area (Å²) < 4.78 is 41.1. The topological polar surface area (TPSA) is 64.9 Å². The van der Waals surface area contributed by atoms with E-state index in [2.05, 4.69) is 10.3 Å². The number of rotatable bonds is 6. The Kier molecular flexibility index (Phi) is 5.40. The van der Waals surface area contributed by atoms with Crippen LogP contribution in [0.5, 0.6) is 5.75 Å². The van der Waals surface area contributed by atoms with Gasteiger partial charge in [-0.3, -0.25) is 9.20 Å². The molecule has 1 aromatic carbocycles. The molecule has 1 N–H and O–H groups in total. The summed E-state index contributed by atoms with van der Waals surface area (Å²) in [5.74, 6) is -1.31. The monoisotopic (exact) mass is 421 g/mol. The van der Waals surface area contributed by atoms with Gasteiger partial charge in [0, 0.05) is 29.2 Å². The second kappa shape index (κ2) is 7.98. The number of aromatic nitrogens is 2. The Bertz CT molecular complexity index is 1030. The summed E-state index contributed by atoms with van der Waals surface area (Å²) >= 11 is 1.31. The molecule has 9 heteroatoms. The van der Waals surface area contributed by atoms with Crippen molar-refractivity contribution < 1.29 is 23.0 Å². The highest BCUT2D eigenvalue weighted by Gasteiger charge is 2.27. The zero-order valence-corrected chi connectivity index (χ0v) is 16.9. The summed E-state index contributed by atoms with van der Waals surface area (Å²) in [7, 11) is 2.68. The SMILES string of the molecule is COC(=O)Cc1csc2nc(-c3c(F)cc(OC)cc3F)c(NC3CCCC3)n12. The first-order valence-electron chi connectivity index (χ1n) is 9.37. The molecule has 0 aliphatic heterocycles. The molecular formula is C20H21F2N3O3S. The average molecular weight is 421 g/mol. The zero-order chi connectivity index (χ0) is 20.5. The number of esters is 1. The number of thiazole rings is 1. The normalized spacial score (nSPS) is 14.5. The van der Waals surface area contributed by atoms with Gasteiger partial charge in [0.05, 0.1) is 26.2 Å². The molecule has 0 amide bonds. The summed E-state index contributed by atoms with van der Waals surface area (Å²) in [6.07, 6.45) is 4.17. The van der Waals surface area contributed by atoms with Crippen molar-refractivity contribution in [3.8, 4) is 17.0 Å². The molecule has 0 bridgehead atoms. The van der Waals surface area contributed by atoms with Crippen LogP contribution in [0, 0.1) is 11.6 Å². The maximum absolute atomic E-state index is 14.8. The van der Waals surface area contributed by atoms with E-state index in [1.807, 2.05) is 5.38 Å². The number of ether oxygens (including phenoxy) is 2. The fourth-order valence-corrected chi connectivity index (χ4v) is 4.61. The molecule has 4 rings (SSSR count). The van der Waals surface area contributed by atoms with E-state index in [0.717, 1.165) is 37.8 Å². The summed E-state index contributed by atoms with van der Waals surface area (Å²) in [6.45, 7) is 0. The van der Waals surface area contributed by atoms with Crippen LogP contribution in [0.2, 0.25) is 0 Å². The Morgan fingerprint density at radius 1 is 1.28 bits per heavy atom. The van der Waals surface area contributed by atoms with Crippen LogP contribution in [0.25, 0.3) is 16.2 Å². The minimum atomic E-state index is -0.753.